The first-order valence-electron chi connectivity index (χ1n) is 6.00. The molecule has 7 heteroatoms. The smallest absolute Gasteiger partial charge is 0.312 e. The number of aryl methyl sites for hydroxylation is 1. The van der Waals surface area contributed by atoms with E-state index < -0.39 is 15.0 Å². The van der Waals surface area contributed by atoms with Crippen molar-refractivity contribution in [1.29, 1.82) is 0 Å². The van der Waals surface area contributed by atoms with E-state index in [9.17, 15) is 18.5 Å². The summed E-state index contributed by atoms with van der Waals surface area (Å²) >= 11 is 0. The Kier molecular flexibility index (Phi) is 5.29. The molecule has 0 aliphatic carbocycles. The Morgan fingerprint density at radius 1 is 1.32 bits per heavy atom. The molecule has 1 aromatic rings. The van der Waals surface area contributed by atoms with Crippen molar-refractivity contribution in [3.8, 4) is 5.75 Å². The molecule has 0 aliphatic heterocycles. The van der Waals surface area contributed by atoms with E-state index in [1.807, 2.05) is 0 Å². The van der Waals surface area contributed by atoms with Gasteiger partial charge in [0.15, 0.2) is 0 Å². The van der Waals surface area contributed by atoms with Gasteiger partial charge in [0, 0.05) is 6.07 Å². The number of nitro groups is 1. The lowest BCUT2D eigenvalue weighted by Gasteiger charge is -2.06. The lowest BCUT2D eigenvalue weighted by molar-refractivity contribution is -0.385. The summed E-state index contributed by atoms with van der Waals surface area (Å²) in [6.45, 7) is 2.07. The minimum atomic E-state index is -3.77. The predicted molar refractivity (Wildman–Crippen MR) is 71.8 cm³/mol. The molecule has 0 spiro atoms. The third-order valence-electron chi connectivity index (χ3n) is 2.53. The van der Waals surface area contributed by atoms with Crippen molar-refractivity contribution in [3.05, 3.63) is 33.9 Å². The fourth-order valence-electron chi connectivity index (χ4n) is 1.67. The van der Waals surface area contributed by atoms with Gasteiger partial charge in [-0.25, -0.2) is 0 Å². The van der Waals surface area contributed by atoms with Crippen LogP contribution in [0.2, 0.25) is 0 Å². The molecule has 0 saturated heterocycles. The number of hydrogen-bond acceptors (Lipinski definition) is 5. The van der Waals surface area contributed by atoms with Crippen LogP contribution in [0.25, 0.3) is 0 Å². The zero-order valence-corrected chi connectivity index (χ0v) is 11.8. The molecule has 0 aliphatic rings. The molecular formula is C12H17NO5S. The van der Waals surface area contributed by atoms with Crippen molar-refractivity contribution in [2.45, 2.75) is 32.6 Å². The fraction of sp³-hybridized carbons (Fsp3) is 0.500. The normalized spacial score (nSPS) is 11.3. The van der Waals surface area contributed by atoms with Gasteiger partial charge in [-0.15, -0.1) is 0 Å². The van der Waals surface area contributed by atoms with Crippen molar-refractivity contribution in [2.75, 3.05) is 6.26 Å². The van der Waals surface area contributed by atoms with Gasteiger partial charge >= 0.3 is 15.8 Å². The Hall–Kier alpha value is -1.63. The number of hydrogen-bond donors (Lipinski definition) is 0. The molecule has 0 amide bonds. The minimum absolute atomic E-state index is 0.244. The second-order valence-corrected chi connectivity index (χ2v) is 5.88. The zero-order valence-electron chi connectivity index (χ0n) is 11.0. The molecule has 0 saturated carbocycles. The van der Waals surface area contributed by atoms with Crippen LogP contribution in [-0.4, -0.2) is 19.6 Å². The van der Waals surface area contributed by atoms with E-state index >= 15 is 0 Å². The fourth-order valence-corrected chi connectivity index (χ4v) is 2.14. The van der Waals surface area contributed by atoms with Gasteiger partial charge in [0.05, 0.1) is 11.2 Å². The summed E-state index contributed by atoms with van der Waals surface area (Å²) in [5, 5.41) is 10.9. The third kappa shape index (κ3) is 5.25. The standard InChI is InChI=1S/C12H17NO5S/c1-3-4-5-6-10-7-8-12(18-19(2,16)17)11(9-10)13(14)15/h7-9H,3-6H2,1-2H3. The maximum Gasteiger partial charge on any atom is 0.312 e. The SMILES string of the molecule is CCCCCc1ccc(OS(C)(=O)=O)c([N+](=O)[O-])c1. The first kappa shape index (κ1) is 15.4. The summed E-state index contributed by atoms with van der Waals surface area (Å²) in [4.78, 5) is 10.3. The van der Waals surface area contributed by atoms with E-state index in [1.165, 1.54) is 12.1 Å². The highest BCUT2D eigenvalue weighted by Crippen LogP contribution is 2.29. The van der Waals surface area contributed by atoms with Gasteiger partial charge in [-0.1, -0.05) is 25.8 Å². The van der Waals surface area contributed by atoms with Crippen LogP contribution in [0.1, 0.15) is 31.7 Å². The average Bonchev–Trinajstić information content (AvgIpc) is 2.29. The number of nitrogens with zero attached hydrogens (tertiary/aromatic N) is 1. The molecule has 0 N–H and O–H groups in total. The Morgan fingerprint density at radius 3 is 2.53 bits per heavy atom. The highest BCUT2D eigenvalue weighted by Gasteiger charge is 2.19. The second-order valence-electron chi connectivity index (χ2n) is 4.30. The summed E-state index contributed by atoms with van der Waals surface area (Å²) in [5.41, 5.74) is 0.487. The number of benzene rings is 1. The molecule has 0 unspecified atom stereocenters. The molecule has 106 valence electrons. The molecule has 0 radical (unpaired) electrons. The van der Waals surface area contributed by atoms with E-state index in [2.05, 4.69) is 11.1 Å². The molecule has 0 bridgehead atoms. The summed E-state index contributed by atoms with van der Waals surface area (Å²) in [7, 11) is -3.77. The molecule has 19 heavy (non-hydrogen) atoms. The quantitative estimate of drug-likeness (QED) is 0.333. The van der Waals surface area contributed by atoms with Crippen LogP contribution in [0.3, 0.4) is 0 Å². The summed E-state index contributed by atoms with van der Waals surface area (Å²) < 4.78 is 26.7. The van der Waals surface area contributed by atoms with Crippen molar-refractivity contribution in [3.63, 3.8) is 0 Å². The van der Waals surface area contributed by atoms with E-state index in [0.717, 1.165) is 37.5 Å². The summed E-state index contributed by atoms with van der Waals surface area (Å²) in [6, 6.07) is 4.36. The molecule has 0 atom stereocenters. The molecule has 6 nitrogen and oxygen atoms in total. The lowest BCUT2D eigenvalue weighted by Crippen LogP contribution is -2.07. The topological polar surface area (TPSA) is 86.5 Å². The first-order valence-corrected chi connectivity index (χ1v) is 7.82. The Labute approximate surface area is 112 Å². The van der Waals surface area contributed by atoms with E-state index in [-0.39, 0.29) is 11.4 Å². The monoisotopic (exact) mass is 287 g/mol. The maximum absolute atomic E-state index is 11.0. The molecular weight excluding hydrogens is 270 g/mol. The molecule has 0 aromatic heterocycles. The van der Waals surface area contributed by atoms with Gasteiger partial charge in [-0.2, -0.15) is 8.42 Å². The van der Waals surface area contributed by atoms with Gasteiger partial charge in [0.1, 0.15) is 0 Å². The highest BCUT2D eigenvalue weighted by molar-refractivity contribution is 7.86. The predicted octanol–water partition coefficient (Wildman–Crippen LogP) is 2.67. The largest absolute Gasteiger partial charge is 0.375 e. The van der Waals surface area contributed by atoms with Crippen LogP contribution in [0.5, 0.6) is 5.75 Å². The molecule has 0 fully saturated rings. The van der Waals surface area contributed by atoms with Gasteiger partial charge in [-0.05, 0) is 24.5 Å². The lowest BCUT2D eigenvalue weighted by atomic mass is 10.1. The van der Waals surface area contributed by atoms with E-state index in [1.54, 1.807) is 6.07 Å². The molecule has 1 aromatic carbocycles. The summed E-state index contributed by atoms with van der Waals surface area (Å²) in [5.74, 6) is -0.244. The van der Waals surface area contributed by atoms with Crippen LogP contribution in [-0.2, 0) is 16.5 Å². The van der Waals surface area contributed by atoms with Crippen LogP contribution < -0.4 is 4.18 Å². The summed E-state index contributed by atoms with van der Waals surface area (Å²) in [6.07, 6.45) is 4.65. The van der Waals surface area contributed by atoms with E-state index in [4.69, 9.17) is 0 Å². The maximum atomic E-state index is 11.0. The Balaban J connectivity index is 2.98. The average molecular weight is 287 g/mol. The van der Waals surface area contributed by atoms with Gasteiger partial charge in [0.25, 0.3) is 0 Å². The van der Waals surface area contributed by atoms with Crippen LogP contribution in [0, 0.1) is 10.1 Å². The Bertz CT molecular complexity index is 553. The van der Waals surface area contributed by atoms with Crippen LogP contribution >= 0.6 is 0 Å². The molecule has 0 heterocycles. The van der Waals surface area contributed by atoms with E-state index in [0.29, 0.717) is 0 Å². The third-order valence-corrected chi connectivity index (χ3v) is 3.01. The number of rotatable bonds is 7. The number of nitro benzene ring substituents is 1. The Morgan fingerprint density at radius 2 is 2.00 bits per heavy atom. The van der Waals surface area contributed by atoms with Gasteiger partial charge in [-0.3, -0.25) is 10.1 Å². The number of unbranched alkanes of at least 4 members (excludes halogenated alkanes) is 2. The van der Waals surface area contributed by atoms with Crippen molar-refractivity contribution < 1.29 is 17.5 Å². The van der Waals surface area contributed by atoms with Crippen LogP contribution in [0.4, 0.5) is 5.69 Å². The van der Waals surface area contributed by atoms with Gasteiger partial charge in [0.2, 0.25) is 5.75 Å². The highest BCUT2D eigenvalue weighted by atomic mass is 32.2. The van der Waals surface area contributed by atoms with Crippen LogP contribution in [0.15, 0.2) is 18.2 Å². The zero-order chi connectivity index (χ0) is 14.5. The van der Waals surface area contributed by atoms with Gasteiger partial charge < -0.3 is 4.18 Å². The van der Waals surface area contributed by atoms with Crippen molar-refractivity contribution in [1.82, 2.24) is 0 Å². The van der Waals surface area contributed by atoms with Crippen molar-refractivity contribution in [2.24, 2.45) is 0 Å². The van der Waals surface area contributed by atoms with Crippen molar-refractivity contribution >= 4 is 15.8 Å². The molecule has 1 rings (SSSR count). The second kappa shape index (κ2) is 6.51. The minimum Gasteiger partial charge on any atom is -0.375 e. The first-order chi connectivity index (χ1) is 8.83.